The molecule has 0 saturated heterocycles. The molecule has 3 heteroatoms. The van der Waals surface area contributed by atoms with Crippen LogP contribution in [0.5, 0.6) is 0 Å². The Labute approximate surface area is 79.7 Å². The molecule has 1 aromatic rings. The highest BCUT2D eigenvalue weighted by atomic mass is 16.5. The van der Waals surface area contributed by atoms with Crippen molar-refractivity contribution in [1.82, 2.24) is 9.78 Å². The molecule has 0 aliphatic rings. The fraction of sp³-hybridized carbons (Fsp3) is 0.700. The van der Waals surface area contributed by atoms with Crippen molar-refractivity contribution in [1.29, 1.82) is 0 Å². The summed E-state index contributed by atoms with van der Waals surface area (Å²) in [5, 5.41) is 4.15. The first-order chi connectivity index (χ1) is 6.22. The van der Waals surface area contributed by atoms with Crippen LogP contribution in [0, 0.1) is 5.92 Å². The van der Waals surface area contributed by atoms with Gasteiger partial charge in [-0.25, -0.2) is 0 Å². The zero-order chi connectivity index (χ0) is 9.68. The second-order valence-corrected chi connectivity index (χ2v) is 3.72. The second-order valence-electron chi connectivity index (χ2n) is 3.72. The summed E-state index contributed by atoms with van der Waals surface area (Å²) in [4.78, 5) is 0. The predicted molar refractivity (Wildman–Crippen MR) is 52.5 cm³/mol. The number of ether oxygens (including phenoxy) is 1. The van der Waals surface area contributed by atoms with Gasteiger partial charge >= 0.3 is 0 Å². The Balaban J connectivity index is 2.40. The van der Waals surface area contributed by atoms with Crippen molar-refractivity contribution in [2.24, 2.45) is 5.92 Å². The lowest BCUT2D eigenvalue weighted by atomic mass is 10.1. The van der Waals surface area contributed by atoms with E-state index in [9.17, 15) is 0 Å². The number of nitrogens with zero attached hydrogens (tertiary/aromatic N) is 2. The first kappa shape index (κ1) is 10.3. The number of aromatic nitrogens is 2. The Bertz CT molecular complexity index is 219. The van der Waals surface area contributed by atoms with Gasteiger partial charge in [-0.3, -0.25) is 4.68 Å². The smallest absolute Gasteiger partial charge is 0.0769 e. The minimum atomic E-state index is 0.278. The van der Waals surface area contributed by atoms with Crippen LogP contribution in [0.2, 0.25) is 0 Å². The van der Waals surface area contributed by atoms with E-state index in [-0.39, 0.29) is 6.10 Å². The van der Waals surface area contributed by atoms with E-state index in [2.05, 4.69) is 18.9 Å². The van der Waals surface area contributed by atoms with Crippen LogP contribution < -0.4 is 0 Å². The van der Waals surface area contributed by atoms with Crippen molar-refractivity contribution in [3.8, 4) is 0 Å². The Morgan fingerprint density at radius 3 is 2.69 bits per heavy atom. The van der Waals surface area contributed by atoms with E-state index in [1.807, 2.05) is 16.9 Å². The number of hydrogen-bond acceptors (Lipinski definition) is 2. The lowest BCUT2D eigenvalue weighted by Crippen LogP contribution is -2.20. The summed E-state index contributed by atoms with van der Waals surface area (Å²) < 4.78 is 7.29. The summed E-state index contributed by atoms with van der Waals surface area (Å²) in [6.07, 6.45) is 5.12. The zero-order valence-corrected chi connectivity index (χ0v) is 8.60. The summed E-state index contributed by atoms with van der Waals surface area (Å²) in [5.41, 5.74) is 0. The van der Waals surface area contributed by atoms with Gasteiger partial charge < -0.3 is 4.74 Å². The van der Waals surface area contributed by atoms with Crippen molar-refractivity contribution in [2.45, 2.75) is 32.9 Å². The third kappa shape index (κ3) is 3.59. The molecule has 0 fully saturated rings. The normalized spacial score (nSPS) is 13.5. The van der Waals surface area contributed by atoms with E-state index in [0.29, 0.717) is 5.92 Å². The molecule has 0 aliphatic carbocycles. The van der Waals surface area contributed by atoms with Gasteiger partial charge in [0, 0.05) is 19.5 Å². The molecule has 1 atom stereocenters. The van der Waals surface area contributed by atoms with Crippen LogP contribution in [-0.4, -0.2) is 23.0 Å². The highest BCUT2D eigenvalue weighted by Crippen LogP contribution is 2.09. The van der Waals surface area contributed by atoms with E-state index >= 15 is 0 Å². The van der Waals surface area contributed by atoms with E-state index in [0.717, 1.165) is 13.0 Å². The van der Waals surface area contributed by atoms with E-state index in [1.165, 1.54) is 0 Å². The minimum Gasteiger partial charge on any atom is -0.380 e. The van der Waals surface area contributed by atoms with Crippen LogP contribution in [0.25, 0.3) is 0 Å². The molecular weight excluding hydrogens is 164 g/mol. The third-order valence-corrected chi connectivity index (χ3v) is 2.02. The average Bonchev–Trinajstić information content (AvgIpc) is 2.55. The number of hydrogen-bond donors (Lipinski definition) is 0. The predicted octanol–water partition coefficient (Wildman–Crippen LogP) is 1.94. The fourth-order valence-electron chi connectivity index (χ4n) is 1.39. The van der Waals surface area contributed by atoms with Gasteiger partial charge in [-0.05, 0) is 18.4 Å². The van der Waals surface area contributed by atoms with Crippen LogP contribution in [0.15, 0.2) is 18.5 Å². The topological polar surface area (TPSA) is 27.1 Å². The Morgan fingerprint density at radius 1 is 1.46 bits per heavy atom. The Morgan fingerprint density at radius 2 is 2.23 bits per heavy atom. The molecule has 1 heterocycles. The maximum Gasteiger partial charge on any atom is 0.0769 e. The van der Waals surface area contributed by atoms with Crippen molar-refractivity contribution < 1.29 is 4.74 Å². The molecule has 0 bridgehead atoms. The van der Waals surface area contributed by atoms with E-state index < -0.39 is 0 Å². The fourth-order valence-corrected chi connectivity index (χ4v) is 1.39. The lowest BCUT2D eigenvalue weighted by Gasteiger charge is -2.17. The first-order valence-electron chi connectivity index (χ1n) is 4.72. The molecular formula is C10H18N2O. The monoisotopic (exact) mass is 182 g/mol. The van der Waals surface area contributed by atoms with Gasteiger partial charge in [0.15, 0.2) is 0 Å². The standard InChI is InChI=1S/C10H18N2O/c1-9(2)7-10(13-3)8-12-6-4-5-11-12/h4-6,9-10H,7-8H2,1-3H3. The number of rotatable bonds is 5. The molecule has 74 valence electrons. The van der Waals surface area contributed by atoms with Gasteiger partial charge in [0.1, 0.15) is 0 Å². The van der Waals surface area contributed by atoms with Crippen LogP contribution in [0.1, 0.15) is 20.3 Å². The van der Waals surface area contributed by atoms with Gasteiger partial charge in [-0.15, -0.1) is 0 Å². The van der Waals surface area contributed by atoms with E-state index in [1.54, 1.807) is 13.3 Å². The Hall–Kier alpha value is -0.830. The van der Waals surface area contributed by atoms with Gasteiger partial charge in [-0.2, -0.15) is 5.10 Å². The van der Waals surface area contributed by atoms with Crippen LogP contribution in [0.3, 0.4) is 0 Å². The summed E-state index contributed by atoms with van der Waals surface area (Å²) >= 11 is 0. The van der Waals surface area contributed by atoms with Crippen molar-refractivity contribution >= 4 is 0 Å². The van der Waals surface area contributed by atoms with Gasteiger partial charge in [-0.1, -0.05) is 13.8 Å². The second kappa shape index (κ2) is 5.02. The SMILES string of the molecule is COC(CC(C)C)Cn1cccn1. The molecule has 1 aromatic heterocycles. The van der Waals surface area contributed by atoms with Crippen molar-refractivity contribution in [3.63, 3.8) is 0 Å². The highest BCUT2D eigenvalue weighted by molar-refractivity contribution is 4.78. The molecule has 0 amide bonds. The molecule has 0 spiro atoms. The summed E-state index contributed by atoms with van der Waals surface area (Å²) in [5.74, 6) is 0.667. The van der Waals surface area contributed by atoms with Crippen LogP contribution >= 0.6 is 0 Å². The molecule has 1 unspecified atom stereocenters. The largest absolute Gasteiger partial charge is 0.380 e. The maximum absolute atomic E-state index is 5.37. The summed E-state index contributed by atoms with van der Waals surface area (Å²) in [6, 6.07) is 1.93. The molecule has 0 radical (unpaired) electrons. The van der Waals surface area contributed by atoms with Gasteiger partial charge in [0.05, 0.1) is 12.6 Å². The molecule has 0 saturated carbocycles. The van der Waals surface area contributed by atoms with Crippen molar-refractivity contribution in [2.75, 3.05) is 7.11 Å². The first-order valence-corrected chi connectivity index (χ1v) is 4.72. The number of methoxy groups -OCH3 is 1. The van der Waals surface area contributed by atoms with Gasteiger partial charge in [0.2, 0.25) is 0 Å². The third-order valence-electron chi connectivity index (χ3n) is 2.02. The average molecular weight is 182 g/mol. The minimum absolute atomic E-state index is 0.278. The molecule has 0 aromatic carbocycles. The molecule has 13 heavy (non-hydrogen) atoms. The van der Waals surface area contributed by atoms with Crippen molar-refractivity contribution in [3.05, 3.63) is 18.5 Å². The molecule has 3 nitrogen and oxygen atoms in total. The highest BCUT2D eigenvalue weighted by Gasteiger charge is 2.10. The molecule has 1 rings (SSSR count). The summed E-state index contributed by atoms with van der Waals surface area (Å²) in [6.45, 7) is 5.26. The molecule has 0 N–H and O–H groups in total. The van der Waals surface area contributed by atoms with E-state index in [4.69, 9.17) is 4.74 Å². The molecule has 0 aliphatic heterocycles. The Kier molecular flexibility index (Phi) is 3.96. The van der Waals surface area contributed by atoms with Crippen LogP contribution in [0.4, 0.5) is 0 Å². The zero-order valence-electron chi connectivity index (χ0n) is 8.60. The quantitative estimate of drug-likeness (QED) is 0.696. The summed E-state index contributed by atoms with van der Waals surface area (Å²) in [7, 11) is 1.76. The lowest BCUT2D eigenvalue weighted by molar-refractivity contribution is 0.0673. The van der Waals surface area contributed by atoms with Crippen LogP contribution in [-0.2, 0) is 11.3 Å². The van der Waals surface area contributed by atoms with Gasteiger partial charge in [0.25, 0.3) is 0 Å². The maximum atomic E-state index is 5.37.